The second-order valence-corrected chi connectivity index (χ2v) is 4.38. The van der Waals surface area contributed by atoms with Gasteiger partial charge in [-0.2, -0.15) is 0 Å². The van der Waals surface area contributed by atoms with E-state index in [9.17, 15) is 14.7 Å². The molecule has 6 nitrogen and oxygen atoms in total. The third kappa shape index (κ3) is 4.50. The van der Waals surface area contributed by atoms with E-state index in [1.807, 2.05) is 0 Å². The number of hydrogen-bond acceptors (Lipinski definition) is 3. The number of benzene rings is 1. The molecule has 3 N–H and O–H groups in total. The molecule has 3 amide bonds. The fourth-order valence-electron chi connectivity index (χ4n) is 1.36. The zero-order valence-corrected chi connectivity index (χ0v) is 11.4. The number of carbonyl (C=O) groups is 2. The van der Waals surface area contributed by atoms with E-state index in [0.717, 1.165) is 5.56 Å². The first-order valence-electron chi connectivity index (χ1n) is 5.95. The maximum absolute atomic E-state index is 11.7. The zero-order chi connectivity index (χ0) is 14.4. The number of aryl methyl sites for hydroxylation is 1. The van der Waals surface area contributed by atoms with Gasteiger partial charge in [-0.3, -0.25) is 4.79 Å². The summed E-state index contributed by atoms with van der Waals surface area (Å²) in [7, 11) is 3.28. The first-order chi connectivity index (χ1) is 8.91. The molecule has 0 fully saturated rings. The topological polar surface area (TPSA) is 81.7 Å². The van der Waals surface area contributed by atoms with Crippen LogP contribution in [0.25, 0.3) is 0 Å². The van der Waals surface area contributed by atoms with Crippen LogP contribution in [0.3, 0.4) is 0 Å². The smallest absolute Gasteiger partial charge is 0.316 e. The minimum atomic E-state index is -0.283. The predicted molar refractivity (Wildman–Crippen MR) is 72.3 cm³/mol. The van der Waals surface area contributed by atoms with Crippen LogP contribution in [0.15, 0.2) is 18.2 Å². The van der Waals surface area contributed by atoms with Gasteiger partial charge in [0.1, 0.15) is 5.75 Å². The van der Waals surface area contributed by atoms with Crippen molar-refractivity contribution >= 4 is 11.9 Å². The monoisotopic (exact) mass is 265 g/mol. The van der Waals surface area contributed by atoms with Crippen LogP contribution < -0.4 is 10.6 Å². The third-order valence-corrected chi connectivity index (χ3v) is 2.56. The Bertz CT molecular complexity index is 472. The van der Waals surface area contributed by atoms with Crippen molar-refractivity contribution in [3.05, 3.63) is 29.3 Å². The van der Waals surface area contributed by atoms with E-state index < -0.39 is 0 Å². The normalized spacial score (nSPS) is 9.84. The molecule has 104 valence electrons. The van der Waals surface area contributed by atoms with Crippen molar-refractivity contribution in [2.24, 2.45) is 0 Å². The molecule has 0 bridgehead atoms. The average molecular weight is 265 g/mol. The molecule has 0 spiro atoms. The van der Waals surface area contributed by atoms with Crippen LogP contribution in [0.5, 0.6) is 5.75 Å². The van der Waals surface area contributed by atoms with E-state index in [1.165, 1.54) is 11.0 Å². The Morgan fingerprint density at radius 3 is 2.42 bits per heavy atom. The van der Waals surface area contributed by atoms with Gasteiger partial charge in [0, 0.05) is 32.7 Å². The maximum atomic E-state index is 11.7. The molecule has 1 aromatic carbocycles. The fraction of sp³-hybridized carbons (Fsp3) is 0.385. The number of rotatable bonds is 4. The van der Waals surface area contributed by atoms with Crippen molar-refractivity contribution in [3.8, 4) is 5.75 Å². The summed E-state index contributed by atoms with van der Waals surface area (Å²) in [6, 6.07) is 4.53. The van der Waals surface area contributed by atoms with E-state index in [4.69, 9.17) is 0 Å². The second kappa shape index (κ2) is 6.63. The lowest BCUT2D eigenvalue weighted by Crippen LogP contribution is -2.39. The highest BCUT2D eigenvalue weighted by atomic mass is 16.3. The Hall–Kier alpha value is -2.24. The number of hydrogen-bond donors (Lipinski definition) is 3. The number of aromatic hydroxyl groups is 1. The van der Waals surface area contributed by atoms with Gasteiger partial charge in [-0.25, -0.2) is 4.79 Å². The minimum absolute atomic E-state index is 0.0913. The summed E-state index contributed by atoms with van der Waals surface area (Å²) in [5.41, 5.74) is 1.11. The number of nitrogens with zero attached hydrogens (tertiary/aromatic N) is 1. The first-order valence-corrected chi connectivity index (χ1v) is 5.95. The van der Waals surface area contributed by atoms with Gasteiger partial charge >= 0.3 is 6.03 Å². The number of nitrogens with one attached hydrogen (secondary N) is 2. The predicted octanol–water partition coefficient (Wildman–Crippen LogP) is 0.702. The number of phenolic OH excluding ortho intramolecular Hbond substituents is 1. The Kier molecular flexibility index (Phi) is 5.17. The van der Waals surface area contributed by atoms with Gasteiger partial charge < -0.3 is 20.6 Å². The van der Waals surface area contributed by atoms with Gasteiger partial charge in [0.05, 0.1) is 0 Å². The molecule has 0 aliphatic heterocycles. The third-order valence-electron chi connectivity index (χ3n) is 2.56. The molecule has 0 heterocycles. The summed E-state index contributed by atoms with van der Waals surface area (Å²) in [6.07, 6.45) is 0. The zero-order valence-electron chi connectivity index (χ0n) is 11.4. The van der Waals surface area contributed by atoms with Crippen molar-refractivity contribution in [3.63, 3.8) is 0 Å². The summed E-state index contributed by atoms with van der Waals surface area (Å²) in [5, 5.41) is 14.8. The summed E-state index contributed by atoms with van der Waals surface area (Å²) in [5.74, 6) is -0.192. The summed E-state index contributed by atoms with van der Waals surface area (Å²) in [6.45, 7) is 2.43. The molecule has 1 rings (SSSR count). The second-order valence-electron chi connectivity index (χ2n) is 4.38. The van der Waals surface area contributed by atoms with E-state index in [2.05, 4.69) is 10.6 Å². The minimum Gasteiger partial charge on any atom is -0.508 e. The molecule has 0 atom stereocenters. The molecule has 0 saturated heterocycles. The van der Waals surface area contributed by atoms with E-state index in [1.54, 1.807) is 33.2 Å². The number of phenols is 1. The molecule has 0 aliphatic carbocycles. The Labute approximate surface area is 112 Å². The summed E-state index contributed by atoms with van der Waals surface area (Å²) in [4.78, 5) is 24.4. The quantitative estimate of drug-likeness (QED) is 0.701. The highest BCUT2D eigenvalue weighted by Gasteiger charge is 2.07. The lowest BCUT2D eigenvalue weighted by Gasteiger charge is -2.12. The Balaban J connectivity index is 2.39. The van der Waals surface area contributed by atoms with Crippen LogP contribution in [0.2, 0.25) is 0 Å². The van der Waals surface area contributed by atoms with Gasteiger partial charge in [0.15, 0.2) is 0 Å². The molecule has 1 aromatic rings. The lowest BCUT2D eigenvalue weighted by atomic mass is 10.1. The first kappa shape index (κ1) is 14.8. The molecule has 0 saturated carbocycles. The molecular formula is C13H19N3O3. The van der Waals surface area contributed by atoms with Crippen LogP contribution >= 0.6 is 0 Å². The van der Waals surface area contributed by atoms with Crippen LogP contribution in [-0.4, -0.2) is 49.1 Å². The number of carbonyl (C=O) groups excluding carboxylic acids is 2. The number of amides is 3. The Morgan fingerprint density at radius 2 is 1.84 bits per heavy atom. The van der Waals surface area contributed by atoms with Gasteiger partial charge in [0.25, 0.3) is 5.91 Å². The molecular weight excluding hydrogens is 246 g/mol. The van der Waals surface area contributed by atoms with Crippen molar-refractivity contribution < 1.29 is 14.7 Å². The van der Waals surface area contributed by atoms with Crippen molar-refractivity contribution in [2.45, 2.75) is 6.92 Å². The van der Waals surface area contributed by atoms with Crippen LogP contribution in [-0.2, 0) is 0 Å². The standard InChI is InChI=1S/C13H19N3O3/c1-9-4-5-10(8-11(9)17)12(18)14-6-7-15-13(19)16(2)3/h4-5,8,17H,6-7H2,1-3H3,(H,14,18)(H,15,19). The highest BCUT2D eigenvalue weighted by molar-refractivity contribution is 5.94. The Morgan fingerprint density at radius 1 is 1.21 bits per heavy atom. The van der Waals surface area contributed by atoms with Crippen molar-refractivity contribution in [1.29, 1.82) is 0 Å². The summed E-state index contributed by atoms with van der Waals surface area (Å²) < 4.78 is 0. The van der Waals surface area contributed by atoms with Gasteiger partial charge in [-0.15, -0.1) is 0 Å². The average Bonchev–Trinajstić information content (AvgIpc) is 2.37. The maximum Gasteiger partial charge on any atom is 0.316 e. The fourth-order valence-corrected chi connectivity index (χ4v) is 1.36. The molecule has 6 heteroatoms. The molecule has 0 aliphatic rings. The largest absolute Gasteiger partial charge is 0.508 e. The number of urea groups is 1. The molecule has 19 heavy (non-hydrogen) atoms. The SMILES string of the molecule is Cc1ccc(C(=O)NCCNC(=O)N(C)C)cc1O. The van der Waals surface area contributed by atoms with Gasteiger partial charge in [-0.1, -0.05) is 6.07 Å². The van der Waals surface area contributed by atoms with Crippen molar-refractivity contribution in [1.82, 2.24) is 15.5 Å². The van der Waals surface area contributed by atoms with Crippen LogP contribution in [0, 0.1) is 6.92 Å². The van der Waals surface area contributed by atoms with E-state index >= 15 is 0 Å². The van der Waals surface area contributed by atoms with Gasteiger partial charge in [0.2, 0.25) is 0 Å². The van der Waals surface area contributed by atoms with E-state index in [0.29, 0.717) is 18.7 Å². The summed E-state index contributed by atoms with van der Waals surface area (Å²) >= 11 is 0. The van der Waals surface area contributed by atoms with Crippen LogP contribution in [0.1, 0.15) is 15.9 Å². The molecule has 0 unspecified atom stereocenters. The highest BCUT2D eigenvalue weighted by Crippen LogP contribution is 2.17. The van der Waals surface area contributed by atoms with Crippen LogP contribution in [0.4, 0.5) is 4.79 Å². The van der Waals surface area contributed by atoms with E-state index in [-0.39, 0.29) is 17.7 Å². The van der Waals surface area contributed by atoms with Crippen molar-refractivity contribution in [2.75, 3.05) is 27.2 Å². The van der Waals surface area contributed by atoms with Gasteiger partial charge in [-0.05, 0) is 24.6 Å². The lowest BCUT2D eigenvalue weighted by molar-refractivity contribution is 0.0953. The molecule has 0 radical (unpaired) electrons. The molecule has 0 aromatic heterocycles.